The van der Waals surface area contributed by atoms with Crippen LogP contribution in [0.1, 0.15) is 53.5 Å². The van der Waals surface area contributed by atoms with Crippen molar-refractivity contribution in [2.45, 2.75) is 65.2 Å². The summed E-state index contributed by atoms with van der Waals surface area (Å²) in [5.41, 5.74) is 4.80. The predicted molar refractivity (Wildman–Crippen MR) is 136 cm³/mol. The van der Waals surface area contributed by atoms with Gasteiger partial charge in [-0.1, -0.05) is 23.8 Å². The molecular formula is C27H38N2O4S. The van der Waals surface area contributed by atoms with Crippen molar-refractivity contribution in [3.05, 3.63) is 58.1 Å². The molecule has 1 amide bonds. The summed E-state index contributed by atoms with van der Waals surface area (Å²) in [6, 6.07) is 10.0. The van der Waals surface area contributed by atoms with Crippen LogP contribution < -0.4 is 10.1 Å². The largest absolute Gasteiger partial charge is 0.494 e. The third-order valence-electron chi connectivity index (χ3n) is 6.88. The Morgan fingerprint density at radius 2 is 1.56 bits per heavy atom. The number of ether oxygens (including phenoxy) is 1. The van der Waals surface area contributed by atoms with Crippen molar-refractivity contribution >= 4 is 15.9 Å². The number of unbranched alkanes of at least 4 members (excludes halogenated alkanes) is 1. The van der Waals surface area contributed by atoms with E-state index in [0.717, 1.165) is 40.8 Å². The van der Waals surface area contributed by atoms with Crippen LogP contribution >= 0.6 is 0 Å². The van der Waals surface area contributed by atoms with E-state index in [2.05, 4.69) is 5.32 Å². The maximum Gasteiger partial charge on any atom is 0.243 e. The molecule has 1 aliphatic heterocycles. The van der Waals surface area contributed by atoms with Gasteiger partial charge in [-0.3, -0.25) is 4.79 Å². The third-order valence-corrected chi connectivity index (χ3v) is 9.05. The van der Waals surface area contributed by atoms with Gasteiger partial charge in [0.25, 0.3) is 0 Å². The van der Waals surface area contributed by atoms with Gasteiger partial charge in [0.05, 0.1) is 11.5 Å². The number of hydrogen-bond donors (Lipinski definition) is 1. The standard InChI is InChI=1S/C27H38N2O4S/c1-19-8-10-25(11-9-19)33-17-7-6-14-28-27(30)24-12-15-29(16-13-24)34(31,32)26-22(4)20(2)18-21(3)23(26)5/h8-11,18,24H,6-7,12-17H2,1-5H3,(H,28,30). The molecule has 1 fully saturated rings. The number of aryl methyl sites for hydroxylation is 3. The number of nitrogens with one attached hydrogen (secondary N) is 1. The first-order valence-electron chi connectivity index (χ1n) is 12.2. The Bertz CT molecular complexity index is 1080. The highest BCUT2D eigenvalue weighted by atomic mass is 32.2. The Morgan fingerprint density at radius 1 is 0.971 bits per heavy atom. The second-order valence-electron chi connectivity index (χ2n) is 9.43. The average Bonchev–Trinajstić information content (AvgIpc) is 2.81. The first kappa shape index (κ1) is 26.2. The number of piperidine rings is 1. The highest BCUT2D eigenvalue weighted by Gasteiger charge is 2.34. The number of amides is 1. The molecule has 186 valence electrons. The van der Waals surface area contributed by atoms with E-state index in [-0.39, 0.29) is 11.8 Å². The van der Waals surface area contributed by atoms with Crippen molar-refractivity contribution in [3.63, 3.8) is 0 Å². The van der Waals surface area contributed by atoms with E-state index in [1.165, 1.54) is 5.56 Å². The molecule has 0 aromatic heterocycles. The average molecular weight is 487 g/mol. The maximum atomic E-state index is 13.4. The summed E-state index contributed by atoms with van der Waals surface area (Å²) in [5.74, 6) is 0.745. The van der Waals surface area contributed by atoms with Crippen molar-refractivity contribution in [2.75, 3.05) is 26.2 Å². The smallest absolute Gasteiger partial charge is 0.243 e. The van der Waals surface area contributed by atoms with Crippen LogP contribution in [-0.2, 0) is 14.8 Å². The Morgan fingerprint density at radius 3 is 2.15 bits per heavy atom. The van der Waals surface area contributed by atoms with Crippen LogP contribution in [-0.4, -0.2) is 44.9 Å². The molecule has 2 aromatic carbocycles. The van der Waals surface area contributed by atoms with Crippen LogP contribution in [0.15, 0.2) is 35.2 Å². The molecule has 0 bridgehead atoms. The summed E-state index contributed by atoms with van der Waals surface area (Å²) in [4.78, 5) is 13.0. The fourth-order valence-corrected chi connectivity index (χ4v) is 6.51. The van der Waals surface area contributed by atoms with Crippen LogP contribution in [0.25, 0.3) is 0 Å². The van der Waals surface area contributed by atoms with Gasteiger partial charge in [-0.2, -0.15) is 4.31 Å². The SMILES string of the molecule is Cc1ccc(OCCCCNC(=O)C2CCN(S(=O)(=O)c3c(C)c(C)cc(C)c3C)CC2)cc1. The molecule has 0 saturated carbocycles. The van der Waals surface area contributed by atoms with E-state index in [4.69, 9.17) is 4.74 Å². The number of carbonyl (C=O) groups excluding carboxylic acids is 1. The number of rotatable bonds is 9. The lowest BCUT2D eigenvalue weighted by Gasteiger charge is -2.31. The van der Waals surface area contributed by atoms with Crippen LogP contribution in [0.2, 0.25) is 0 Å². The molecule has 34 heavy (non-hydrogen) atoms. The Balaban J connectivity index is 1.43. The predicted octanol–water partition coefficient (Wildman–Crippen LogP) is 4.60. The molecule has 1 aliphatic rings. The first-order chi connectivity index (χ1) is 16.1. The molecular weight excluding hydrogens is 448 g/mol. The lowest BCUT2D eigenvalue weighted by Crippen LogP contribution is -2.43. The summed E-state index contributed by atoms with van der Waals surface area (Å²) < 4.78 is 34.1. The fourth-order valence-electron chi connectivity index (χ4n) is 4.46. The lowest BCUT2D eigenvalue weighted by molar-refractivity contribution is -0.126. The van der Waals surface area contributed by atoms with Gasteiger partial charge in [0.1, 0.15) is 5.75 Å². The van der Waals surface area contributed by atoms with Gasteiger partial charge in [0.2, 0.25) is 15.9 Å². The topological polar surface area (TPSA) is 75.7 Å². The number of sulfonamides is 1. The molecule has 6 nitrogen and oxygen atoms in total. The fraction of sp³-hybridized carbons (Fsp3) is 0.519. The van der Waals surface area contributed by atoms with Crippen molar-refractivity contribution < 1.29 is 17.9 Å². The summed E-state index contributed by atoms with van der Waals surface area (Å²) in [6.45, 7) is 11.7. The zero-order valence-electron chi connectivity index (χ0n) is 21.1. The molecule has 0 unspecified atom stereocenters. The zero-order valence-corrected chi connectivity index (χ0v) is 21.9. The normalized spacial score (nSPS) is 15.3. The van der Waals surface area contributed by atoms with Gasteiger partial charge in [-0.15, -0.1) is 0 Å². The Hall–Kier alpha value is -2.38. The van der Waals surface area contributed by atoms with Gasteiger partial charge in [0, 0.05) is 25.6 Å². The van der Waals surface area contributed by atoms with Gasteiger partial charge in [-0.25, -0.2) is 8.42 Å². The monoisotopic (exact) mass is 486 g/mol. The number of benzene rings is 2. The quantitative estimate of drug-likeness (QED) is 0.526. The first-order valence-corrected chi connectivity index (χ1v) is 13.6. The molecule has 1 heterocycles. The number of carbonyl (C=O) groups is 1. The molecule has 1 N–H and O–H groups in total. The molecule has 0 aliphatic carbocycles. The zero-order chi connectivity index (χ0) is 24.9. The van der Waals surface area contributed by atoms with Gasteiger partial charge in [-0.05, 0) is 94.7 Å². The van der Waals surface area contributed by atoms with Crippen molar-refractivity contribution in [1.82, 2.24) is 9.62 Å². The number of nitrogens with zero attached hydrogens (tertiary/aromatic N) is 1. The third kappa shape index (κ3) is 6.19. The van der Waals surface area contributed by atoms with Gasteiger partial charge in [0.15, 0.2) is 0 Å². The summed E-state index contributed by atoms with van der Waals surface area (Å²) in [7, 11) is -3.58. The molecule has 2 aromatic rings. The summed E-state index contributed by atoms with van der Waals surface area (Å²) in [6.07, 6.45) is 2.80. The Labute approximate surface area is 204 Å². The van der Waals surface area contributed by atoms with E-state index in [9.17, 15) is 13.2 Å². The summed E-state index contributed by atoms with van der Waals surface area (Å²) in [5, 5.41) is 3.01. The van der Waals surface area contributed by atoms with E-state index in [1.807, 2.05) is 65.0 Å². The molecule has 0 spiro atoms. The number of hydrogen-bond acceptors (Lipinski definition) is 4. The van der Waals surface area contributed by atoms with Crippen molar-refractivity contribution in [3.8, 4) is 5.75 Å². The van der Waals surface area contributed by atoms with Crippen molar-refractivity contribution in [1.29, 1.82) is 0 Å². The van der Waals surface area contributed by atoms with Crippen LogP contribution in [0.5, 0.6) is 5.75 Å². The minimum Gasteiger partial charge on any atom is -0.494 e. The Kier molecular flexibility index (Phi) is 8.77. The van der Waals surface area contributed by atoms with E-state index >= 15 is 0 Å². The molecule has 0 atom stereocenters. The second-order valence-corrected chi connectivity index (χ2v) is 11.3. The molecule has 0 radical (unpaired) electrons. The van der Waals surface area contributed by atoms with E-state index in [1.54, 1.807) is 4.31 Å². The highest BCUT2D eigenvalue weighted by Crippen LogP contribution is 2.31. The maximum absolute atomic E-state index is 13.4. The lowest BCUT2D eigenvalue weighted by atomic mass is 9.97. The molecule has 7 heteroatoms. The summed E-state index contributed by atoms with van der Waals surface area (Å²) >= 11 is 0. The van der Waals surface area contributed by atoms with E-state index < -0.39 is 10.0 Å². The van der Waals surface area contributed by atoms with Crippen LogP contribution in [0.3, 0.4) is 0 Å². The molecule has 1 saturated heterocycles. The van der Waals surface area contributed by atoms with Gasteiger partial charge >= 0.3 is 0 Å². The molecule has 3 rings (SSSR count). The van der Waals surface area contributed by atoms with Crippen molar-refractivity contribution in [2.24, 2.45) is 5.92 Å². The van der Waals surface area contributed by atoms with Gasteiger partial charge < -0.3 is 10.1 Å². The second kappa shape index (κ2) is 11.4. The minimum absolute atomic E-state index is 0.0234. The highest BCUT2D eigenvalue weighted by molar-refractivity contribution is 7.89. The minimum atomic E-state index is -3.58. The van der Waals surface area contributed by atoms with Crippen LogP contribution in [0.4, 0.5) is 0 Å². The van der Waals surface area contributed by atoms with E-state index in [0.29, 0.717) is 44.0 Å². The van der Waals surface area contributed by atoms with Crippen LogP contribution in [0, 0.1) is 40.5 Å².